The van der Waals surface area contributed by atoms with Gasteiger partial charge in [-0.1, -0.05) is 46.3 Å². The molecule has 0 atom stereocenters. The summed E-state index contributed by atoms with van der Waals surface area (Å²) in [6.07, 6.45) is 0. The number of halogens is 1. The highest BCUT2D eigenvalue weighted by Crippen LogP contribution is 2.29. The number of anilines is 1. The van der Waals surface area contributed by atoms with Gasteiger partial charge in [-0.3, -0.25) is 10.1 Å². The van der Waals surface area contributed by atoms with Gasteiger partial charge in [-0.25, -0.2) is 0 Å². The lowest BCUT2D eigenvalue weighted by Gasteiger charge is -2.03. The van der Waals surface area contributed by atoms with Crippen LogP contribution in [0.5, 0.6) is 0 Å². The molecule has 0 radical (unpaired) electrons. The molecule has 112 valence electrons. The summed E-state index contributed by atoms with van der Waals surface area (Å²) in [4.78, 5) is 12.2. The molecule has 0 aliphatic heterocycles. The first-order valence-corrected chi connectivity index (χ1v) is 7.63. The number of benzene rings is 2. The Morgan fingerprint density at radius 2 is 1.78 bits per heavy atom. The highest BCUT2D eigenvalue weighted by molar-refractivity contribution is 9.10. The number of hydrogen-bond donors (Lipinski definition) is 1. The number of carbonyl (C=O) groups is 1. The van der Waals surface area contributed by atoms with E-state index in [1.165, 1.54) is 0 Å². The molecule has 5 heteroatoms. The number of nitrogens with zero attached hydrogens (tertiary/aromatic N) is 1. The van der Waals surface area contributed by atoms with Crippen molar-refractivity contribution in [2.45, 2.75) is 0 Å². The van der Waals surface area contributed by atoms with Crippen molar-refractivity contribution >= 4 is 27.7 Å². The Kier molecular flexibility index (Phi) is 4.26. The van der Waals surface area contributed by atoms with E-state index in [0.717, 1.165) is 10.0 Å². The Balaban J connectivity index is 1.88. The van der Waals surface area contributed by atoms with Crippen LogP contribution in [-0.4, -0.2) is 5.91 Å². The number of hydrogen-bond acceptors (Lipinski definition) is 3. The minimum atomic E-state index is -0.331. The van der Waals surface area contributed by atoms with Gasteiger partial charge in [0, 0.05) is 21.7 Å². The second-order valence-corrected chi connectivity index (χ2v) is 5.71. The Morgan fingerprint density at radius 1 is 1.09 bits per heavy atom. The SMILES string of the molecule is N#Cc1cc(-c2ccccc2)oc1NC(=O)c1ccc(Br)cc1. The van der Waals surface area contributed by atoms with E-state index < -0.39 is 0 Å². The zero-order valence-electron chi connectivity index (χ0n) is 11.9. The molecule has 0 bridgehead atoms. The van der Waals surface area contributed by atoms with Crippen LogP contribution in [0.25, 0.3) is 11.3 Å². The minimum absolute atomic E-state index is 0.152. The summed E-state index contributed by atoms with van der Waals surface area (Å²) in [6.45, 7) is 0. The van der Waals surface area contributed by atoms with Gasteiger partial charge in [0.1, 0.15) is 17.4 Å². The molecule has 0 aliphatic carbocycles. The summed E-state index contributed by atoms with van der Waals surface area (Å²) in [5, 5.41) is 11.9. The first kappa shape index (κ1) is 15.1. The van der Waals surface area contributed by atoms with E-state index in [1.54, 1.807) is 30.3 Å². The summed E-state index contributed by atoms with van der Waals surface area (Å²) in [5.41, 5.74) is 1.61. The first-order chi connectivity index (χ1) is 11.2. The Morgan fingerprint density at radius 3 is 2.43 bits per heavy atom. The molecular formula is C18H11BrN2O2. The molecule has 1 heterocycles. The zero-order valence-corrected chi connectivity index (χ0v) is 13.5. The van der Waals surface area contributed by atoms with E-state index in [-0.39, 0.29) is 17.4 Å². The van der Waals surface area contributed by atoms with Crippen molar-refractivity contribution in [3.63, 3.8) is 0 Å². The third-order valence-corrected chi connectivity index (χ3v) is 3.77. The van der Waals surface area contributed by atoms with Gasteiger partial charge in [-0.05, 0) is 24.3 Å². The van der Waals surface area contributed by atoms with Crippen LogP contribution in [0.15, 0.2) is 69.6 Å². The molecule has 0 spiro atoms. The molecule has 23 heavy (non-hydrogen) atoms. The molecule has 4 nitrogen and oxygen atoms in total. The summed E-state index contributed by atoms with van der Waals surface area (Å²) in [5.74, 6) is 0.357. The predicted octanol–water partition coefficient (Wildman–Crippen LogP) is 4.83. The van der Waals surface area contributed by atoms with Crippen LogP contribution < -0.4 is 5.32 Å². The number of carbonyl (C=O) groups excluding carboxylic acids is 1. The summed E-state index contributed by atoms with van der Waals surface area (Å²) < 4.78 is 6.53. The lowest BCUT2D eigenvalue weighted by atomic mass is 10.1. The van der Waals surface area contributed by atoms with Crippen LogP contribution in [0.1, 0.15) is 15.9 Å². The van der Waals surface area contributed by atoms with Gasteiger partial charge in [0.25, 0.3) is 5.91 Å². The number of nitrogens with one attached hydrogen (secondary N) is 1. The van der Waals surface area contributed by atoms with E-state index in [0.29, 0.717) is 11.3 Å². The maximum atomic E-state index is 12.2. The molecule has 1 N–H and O–H groups in total. The molecule has 3 aromatic rings. The third kappa shape index (κ3) is 3.33. The first-order valence-electron chi connectivity index (χ1n) is 6.83. The quantitative estimate of drug-likeness (QED) is 0.721. The number of nitriles is 1. The molecule has 2 aromatic carbocycles. The van der Waals surface area contributed by atoms with Crippen LogP contribution in [0, 0.1) is 11.3 Å². The van der Waals surface area contributed by atoms with Crippen molar-refractivity contribution in [2.75, 3.05) is 5.32 Å². The van der Waals surface area contributed by atoms with Crippen molar-refractivity contribution in [3.8, 4) is 17.4 Å². The Hall–Kier alpha value is -2.84. The lowest BCUT2D eigenvalue weighted by Crippen LogP contribution is -2.11. The van der Waals surface area contributed by atoms with Gasteiger partial charge in [0.2, 0.25) is 5.88 Å². The second-order valence-electron chi connectivity index (χ2n) is 4.79. The normalized spacial score (nSPS) is 10.1. The van der Waals surface area contributed by atoms with Gasteiger partial charge in [-0.15, -0.1) is 0 Å². The van der Waals surface area contributed by atoms with E-state index >= 15 is 0 Å². The smallest absolute Gasteiger partial charge is 0.258 e. The fourth-order valence-corrected chi connectivity index (χ4v) is 2.35. The van der Waals surface area contributed by atoms with Crippen LogP contribution in [0.3, 0.4) is 0 Å². The average Bonchev–Trinajstić information content (AvgIpc) is 2.99. The van der Waals surface area contributed by atoms with Crippen molar-refractivity contribution in [1.82, 2.24) is 0 Å². The number of amides is 1. The molecule has 0 saturated carbocycles. The highest BCUT2D eigenvalue weighted by atomic mass is 79.9. The standard InChI is InChI=1S/C18H11BrN2O2/c19-15-8-6-13(7-9-15)17(22)21-18-14(11-20)10-16(23-18)12-4-2-1-3-5-12/h1-10H,(H,21,22). The maximum Gasteiger partial charge on any atom is 0.258 e. The summed E-state index contributed by atoms with van der Waals surface area (Å²) in [7, 11) is 0. The van der Waals surface area contributed by atoms with E-state index in [2.05, 4.69) is 21.2 Å². The molecule has 0 fully saturated rings. The number of furan rings is 1. The largest absolute Gasteiger partial charge is 0.439 e. The zero-order chi connectivity index (χ0) is 16.2. The molecule has 3 rings (SSSR count). The van der Waals surface area contributed by atoms with Gasteiger partial charge in [-0.2, -0.15) is 5.26 Å². The Labute approximate surface area is 141 Å². The van der Waals surface area contributed by atoms with Crippen LogP contribution in [0.2, 0.25) is 0 Å². The lowest BCUT2D eigenvalue weighted by molar-refractivity contribution is 0.102. The minimum Gasteiger partial charge on any atom is -0.439 e. The molecule has 0 saturated heterocycles. The average molecular weight is 367 g/mol. The molecular weight excluding hydrogens is 356 g/mol. The second kappa shape index (κ2) is 6.51. The van der Waals surface area contributed by atoms with E-state index in [4.69, 9.17) is 4.42 Å². The molecule has 1 amide bonds. The molecule has 1 aromatic heterocycles. The van der Waals surface area contributed by atoms with Crippen molar-refractivity contribution in [1.29, 1.82) is 5.26 Å². The summed E-state index contributed by atoms with van der Waals surface area (Å²) >= 11 is 3.32. The van der Waals surface area contributed by atoms with Crippen LogP contribution >= 0.6 is 15.9 Å². The summed E-state index contributed by atoms with van der Waals surface area (Å²) in [6, 6.07) is 20.0. The van der Waals surface area contributed by atoms with E-state index in [9.17, 15) is 10.1 Å². The fraction of sp³-hybridized carbons (Fsp3) is 0. The predicted molar refractivity (Wildman–Crippen MR) is 91.0 cm³/mol. The molecule has 0 unspecified atom stereocenters. The van der Waals surface area contributed by atoms with E-state index in [1.807, 2.05) is 36.4 Å². The van der Waals surface area contributed by atoms with Gasteiger partial charge in [0.15, 0.2) is 0 Å². The monoisotopic (exact) mass is 366 g/mol. The van der Waals surface area contributed by atoms with Crippen molar-refractivity contribution in [3.05, 3.63) is 76.3 Å². The molecule has 0 aliphatic rings. The maximum absolute atomic E-state index is 12.2. The number of rotatable bonds is 3. The highest BCUT2D eigenvalue weighted by Gasteiger charge is 2.15. The fourth-order valence-electron chi connectivity index (χ4n) is 2.09. The van der Waals surface area contributed by atoms with Crippen LogP contribution in [-0.2, 0) is 0 Å². The van der Waals surface area contributed by atoms with Gasteiger partial charge in [0.05, 0.1) is 0 Å². The van der Waals surface area contributed by atoms with Crippen molar-refractivity contribution in [2.24, 2.45) is 0 Å². The van der Waals surface area contributed by atoms with Crippen molar-refractivity contribution < 1.29 is 9.21 Å². The Bertz CT molecular complexity index is 878. The third-order valence-electron chi connectivity index (χ3n) is 3.24. The topological polar surface area (TPSA) is 66.0 Å². The van der Waals surface area contributed by atoms with Crippen LogP contribution in [0.4, 0.5) is 5.88 Å². The van der Waals surface area contributed by atoms with Gasteiger partial charge >= 0.3 is 0 Å². The van der Waals surface area contributed by atoms with Gasteiger partial charge < -0.3 is 4.42 Å².